The first kappa shape index (κ1) is 14.1. The standard InChI is InChI=1S/C15H15ClFN3O/c1-8(2)20-15-10(7-18-20)9(6-13(21)19-15)14-11(16)4-3-5-12(14)17/h3-5,7-9H,6H2,1-2H3,(H,19,21)/t9-/m1/s1. The van der Waals surface area contributed by atoms with Crippen molar-refractivity contribution >= 4 is 23.3 Å². The van der Waals surface area contributed by atoms with Gasteiger partial charge in [-0.1, -0.05) is 17.7 Å². The molecule has 1 amide bonds. The number of aromatic nitrogens is 2. The summed E-state index contributed by atoms with van der Waals surface area (Å²) in [6.45, 7) is 3.94. The van der Waals surface area contributed by atoms with E-state index in [2.05, 4.69) is 10.4 Å². The highest BCUT2D eigenvalue weighted by Gasteiger charge is 2.33. The highest BCUT2D eigenvalue weighted by molar-refractivity contribution is 6.31. The van der Waals surface area contributed by atoms with Crippen LogP contribution >= 0.6 is 11.6 Å². The minimum Gasteiger partial charge on any atom is -0.311 e. The lowest BCUT2D eigenvalue weighted by Gasteiger charge is -2.25. The fraction of sp³-hybridized carbons (Fsp3) is 0.333. The zero-order valence-electron chi connectivity index (χ0n) is 11.7. The van der Waals surface area contributed by atoms with E-state index >= 15 is 0 Å². The Bertz CT molecular complexity index is 691. The molecule has 0 saturated heterocycles. The number of hydrogen-bond acceptors (Lipinski definition) is 2. The van der Waals surface area contributed by atoms with Gasteiger partial charge >= 0.3 is 0 Å². The summed E-state index contributed by atoms with van der Waals surface area (Å²) < 4.78 is 15.9. The Kier molecular flexibility index (Phi) is 3.45. The summed E-state index contributed by atoms with van der Waals surface area (Å²) >= 11 is 6.15. The van der Waals surface area contributed by atoms with Crippen molar-refractivity contribution in [2.24, 2.45) is 0 Å². The maximum absolute atomic E-state index is 14.2. The molecule has 1 aliphatic heterocycles. The summed E-state index contributed by atoms with van der Waals surface area (Å²) in [6.07, 6.45) is 1.85. The molecule has 1 atom stereocenters. The van der Waals surface area contributed by atoms with Gasteiger partial charge in [0.05, 0.1) is 6.20 Å². The van der Waals surface area contributed by atoms with Crippen LogP contribution in [0.4, 0.5) is 10.2 Å². The topological polar surface area (TPSA) is 46.9 Å². The van der Waals surface area contributed by atoms with Gasteiger partial charge in [-0.2, -0.15) is 5.10 Å². The Labute approximate surface area is 126 Å². The van der Waals surface area contributed by atoms with Crippen molar-refractivity contribution < 1.29 is 9.18 Å². The van der Waals surface area contributed by atoms with Crippen LogP contribution in [0, 0.1) is 5.82 Å². The quantitative estimate of drug-likeness (QED) is 0.919. The Morgan fingerprint density at radius 3 is 2.90 bits per heavy atom. The first-order chi connectivity index (χ1) is 9.99. The smallest absolute Gasteiger partial charge is 0.226 e. The van der Waals surface area contributed by atoms with E-state index < -0.39 is 11.7 Å². The van der Waals surface area contributed by atoms with Crippen molar-refractivity contribution in [1.82, 2.24) is 9.78 Å². The number of nitrogens with zero attached hydrogens (tertiary/aromatic N) is 2. The van der Waals surface area contributed by atoms with Gasteiger partial charge in [0.2, 0.25) is 5.91 Å². The fourth-order valence-corrected chi connectivity index (χ4v) is 3.03. The Hall–Kier alpha value is -1.88. The molecule has 1 N–H and O–H groups in total. The van der Waals surface area contributed by atoms with E-state index in [0.29, 0.717) is 16.4 Å². The normalized spacial score (nSPS) is 17.8. The molecule has 2 aromatic rings. The van der Waals surface area contributed by atoms with Crippen molar-refractivity contribution in [3.05, 3.63) is 46.4 Å². The summed E-state index contributed by atoms with van der Waals surface area (Å²) in [5.41, 5.74) is 1.16. The summed E-state index contributed by atoms with van der Waals surface area (Å²) in [4.78, 5) is 12.0. The number of anilines is 1. The van der Waals surface area contributed by atoms with Crippen LogP contribution in [0.3, 0.4) is 0 Å². The van der Waals surface area contributed by atoms with Gasteiger partial charge in [0.15, 0.2) is 0 Å². The predicted octanol–water partition coefficient (Wildman–Crippen LogP) is 3.73. The number of fused-ring (bicyclic) bond motifs is 1. The van der Waals surface area contributed by atoms with Gasteiger partial charge in [-0.25, -0.2) is 9.07 Å². The first-order valence-electron chi connectivity index (χ1n) is 6.80. The Balaban J connectivity index is 2.16. The van der Waals surface area contributed by atoms with Crippen molar-refractivity contribution in [2.75, 3.05) is 5.32 Å². The third-order valence-corrected chi connectivity index (χ3v) is 4.01. The summed E-state index contributed by atoms with van der Waals surface area (Å²) in [6, 6.07) is 4.66. The van der Waals surface area contributed by atoms with E-state index in [0.717, 1.165) is 5.56 Å². The number of amides is 1. The lowest BCUT2D eigenvalue weighted by atomic mass is 9.87. The molecule has 0 fully saturated rings. The molecule has 21 heavy (non-hydrogen) atoms. The second-order valence-corrected chi connectivity index (χ2v) is 5.83. The summed E-state index contributed by atoms with van der Waals surface area (Å²) in [7, 11) is 0. The van der Waals surface area contributed by atoms with Gasteiger partial charge < -0.3 is 5.32 Å². The van der Waals surface area contributed by atoms with E-state index in [1.165, 1.54) is 6.07 Å². The van der Waals surface area contributed by atoms with Crippen LogP contribution in [-0.2, 0) is 4.79 Å². The summed E-state index contributed by atoms with van der Waals surface area (Å²) in [5.74, 6) is -0.333. The van der Waals surface area contributed by atoms with Crippen molar-refractivity contribution in [3.8, 4) is 0 Å². The van der Waals surface area contributed by atoms with Crippen molar-refractivity contribution in [2.45, 2.75) is 32.2 Å². The molecule has 0 spiro atoms. The first-order valence-corrected chi connectivity index (χ1v) is 7.18. The van der Waals surface area contributed by atoms with Crippen molar-refractivity contribution in [3.63, 3.8) is 0 Å². The van der Waals surface area contributed by atoms with Gasteiger partial charge in [0.1, 0.15) is 11.6 Å². The number of rotatable bonds is 2. The minimum absolute atomic E-state index is 0.101. The van der Waals surface area contributed by atoms with Crippen LogP contribution in [0.5, 0.6) is 0 Å². The molecule has 0 aliphatic carbocycles. The predicted molar refractivity (Wildman–Crippen MR) is 79.1 cm³/mol. The van der Waals surface area contributed by atoms with Crippen molar-refractivity contribution in [1.29, 1.82) is 0 Å². The third kappa shape index (κ3) is 2.31. The molecule has 1 aliphatic rings. The second-order valence-electron chi connectivity index (χ2n) is 5.43. The lowest BCUT2D eigenvalue weighted by molar-refractivity contribution is -0.116. The third-order valence-electron chi connectivity index (χ3n) is 3.68. The van der Waals surface area contributed by atoms with Gasteiger partial charge in [0, 0.05) is 34.5 Å². The average molecular weight is 308 g/mol. The molecule has 6 heteroatoms. The molecule has 1 aromatic heterocycles. The zero-order valence-corrected chi connectivity index (χ0v) is 12.5. The van der Waals surface area contributed by atoms with Gasteiger partial charge in [-0.05, 0) is 26.0 Å². The SMILES string of the molecule is CC(C)n1ncc2c1NC(=O)C[C@H]2c1c(F)cccc1Cl. The average Bonchev–Trinajstić information content (AvgIpc) is 2.82. The summed E-state index contributed by atoms with van der Waals surface area (Å²) in [5, 5.41) is 7.46. The molecule has 3 rings (SSSR count). The van der Waals surface area contributed by atoms with E-state index in [1.807, 2.05) is 13.8 Å². The Morgan fingerprint density at radius 1 is 1.48 bits per heavy atom. The molecule has 0 bridgehead atoms. The van der Waals surface area contributed by atoms with E-state index in [1.54, 1.807) is 23.0 Å². The van der Waals surface area contributed by atoms with E-state index in [4.69, 9.17) is 11.6 Å². The van der Waals surface area contributed by atoms with Gasteiger partial charge in [-0.3, -0.25) is 4.79 Å². The monoisotopic (exact) mass is 307 g/mol. The number of benzene rings is 1. The lowest BCUT2D eigenvalue weighted by Crippen LogP contribution is -2.25. The number of nitrogens with one attached hydrogen (secondary N) is 1. The van der Waals surface area contributed by atoms with Crippen LogP contribution in [-0.4, -0.2) is 15.7 Å². The van der Waals surface area contributed by atoms with Crippen LogP contribution in [0.1, 0.15) is 43.4 Å². The highest BCUT2D eigenvalue weighted by Crippen LogP contribution is 2.41. The highest BCUT2D eigenvalue weighted by atomic mass is 35.5. The fourth-order valence-electron chi connectivity index (χ4n) is 2.73. The molecular formula is C15H15ClFN3O. The van der Waals surface area contributed by atoms with E-state index in [-0.39, 0.29) is 18.4 Å². The van der Waals surface area contributed by atoms with Crippen LogP contribution in [0.15, 0.2) is 24.4 Å². The maximum Gasteiger partial charge on any atom is 0.226 e. The van der Waals surface area contributed by atoms with Crippen LogP contribution in [0.2, 0.25) is 5.02 Å². The number of carbonyl (C=O) groups is 1. The minimum atomic E-state index is -0.407. The van der Waals surface area contributed by atoms with Gasteiger partial charge in [-0.15, -0.1) is 0 Å². The van der Waals surface area contributed by atoms with E-state index in [9.17, 15) is 9.18 Å². The molecule has 1 aromatic carbocycles. The second kappa shape index (κ2) is 5.15. The van der Waals surface area contributed by atoms with Gasteiger partial charge in [0.25, 0.3) is 0 Å². The largest absolute Gasteiger partial charge is 0.311 e. The molecule has 110 valence electrons. The molecular weight excluding hydrogens is 293 g/mol. The van der Waals surface area contributed by atoms with Crippen LogP contribution in [0.25, 0.3) is 0 Å². The number of hydrogen-bond donors (Lipinski definition) is 1. The number of halogens is 2. The molecule has 0 unspecified atom stereocenters. The molecule has 4 nitrogen and oxygen atoms in total. The number of carbonyl (C=O) groups excluding carboxylic acids is 1. The molecule has 0 saturated carbocycles. The maximum atomic E-state index is 14.2. The molecule has 0 radical (unpaired) electrons. The Morgan fingerprint density at radius 2 is 2.24 bits per heavy atom. The molecule has 2 heterocycles. The zero-order chi connectivity index (χ0) is 15.1. The van der Waals surface area contributed by atoms with Crippen LogP contribution < -0.4 is 5.32 Å².